The van der Waals surface area contributed by atoms with Crippen LogP contribution in [0.15, 0.2) is 46.1 Å². The summed E-state index contributed by atoms with van der Waals surface area (Å²) >= 11 is 0. The molecule has 0 aliphatic rings. The van der Waals surface area contributed by atoms with Gasteiger partial charge in [-0.2, -0.15) is 3.97 Å². The third kappa shape index (κ3) is 2.36. The first kappa shape index (κ1) is 15.2. The molecule has 3 rings (SSSR count). The maximum Gasteiger partial charge on any atom is 0.340 e. The summed E-state index contributed by atoms with van der Waals surface area (Å²) in [7, 11) is -2.54. The first-order valence-corrected chi connectivity index (χ1v) is 8.19. The maximum absolute atomic E-state index is 12.8. The second kappa shape index (κ2) is 5.17. The van der Waals surface area contributed by atoms with Gasteiger partial charge in [-0.3, -0.25) is 0 Å². The topological polar surface area (TPSA) is 107 Å². The minimum absolute atomic E-state index is 0.00391. The van der Waals surface area contributed by atoms with E-state index in [0.29, 0.717) is 22.5 Å². The average molecular weight is 333 g/mol. The van der Waals surface area contributed by atoms with E-state index in [-0.39, 0.29) is 10.4 Å². The zero-order chi connectivity index (χ0) is 16.8. The number of H-pyrrole nitrogens is 1. The molecule has 1 heterocycles. The quantitative estimate of drug-likeness (QED) is 0.706. The predicted octanol–water partition coefficient (Wildman–Crippen LogP) is 1.47. The zero-order valence-corrected chi connectivity index (χ0v) is 13.3. The van der Waals surface area contributed by atoms with Gasteiger partial charge in [0.25, 0.3) is 10.0 Å². The molecule has 3 aromatic rings. The van der Waals surface area contributed by atoms with Crippen LogP contribution in [0.5, 0.6) is 5.75 Å². The Hall–Kier alpha value is -2.74. The number of nitrogens with two attached hydrogens (primary N) is 1. The second-order valence-electron chi connectivity index (χ2n) is 5.10. The summed E-state index contributed by atoms with van der Waals surface area (Å²) in [6.07, 6.45) is 0. The summed E-state index contributed by atoms with van der Waals surface area (Å²) in [4.78, 5) is 14.7. The van der Waals surface area contributed by atoms with Crippen LogP contribution in [0.4, 0.5) is 5.69 Å². The fraction of sp³-hybridized carbons (Fsp3) is 0.133. The van der Waals surface area contributed by atoms with E-state index in [4.69, 9.17) is 10.5 Å². The SMILES string of the molecule is COc1ccc(S(=O)(=O)n2c(=O)[nH]c3cc(N)c(C)cc32)cc1. The largest absolute Gasteiger partial charge is 0.497 e. The lowest BCUT2D eigenvalue weighted by Crippen LogP contribution is -2.25. The van der Waals surface area contributed by atoms with Crippen molar-refractivity contribution in [1.29, 1.82) is 0 Å². The molecule has 1 aromatic heterocycles. The molecule has 8 heteroatoms. The number of benzene rings is 2. The van der Waals surface area contributed by atoms with E-state index in [9.17, 15) is 13.2 Å². The van der Waals surface area contributed by atoms with Crippen LogP contribution < -0.4 is 16.2 Å². The van der Waals surface area contributed by atoms with Gasteiger partial charge >= 0.3 is 5.69 Å². The van der Waals surface area contributed by atoms with Crippen molar-refractivity contribution in [3.63, 3.8) is 0 Å². The maximum atomic E-state index is 12.8. The highest BCUT2D eigenvalue weighted by Gasteiger charge is 2.23. The van der Waals surface area contributed by atoms with E-state index in [1.54, 1.807) is 19.1 Å². The standard InChI is InChI=1S/C15H15N3O4S/c1-9-7-14-13(8-12(9)16)17-15(19)18(14)23(20,21)11-5-3-10(22-2)4-6-11/h3-8H,16H2,1-2H3,(H,17,19). The molecule has 0 saturated carbocycles. The third-order valence-electron chi connectivity index (χ3n) is 3.63. The van der Waals surface area contributed by atoms with Gasteiger partial charge in [0, 0.05) is 5.69 Å². The number of fused-ring (bicyclic) bond motifs is 1. The highest BCUT2D eigenvalue weighted by molar-refractivity contribution is 7.90. The molecule has 0 fully saturated rings. The van der Waals surface area contributed by atoms with Crippen LogP contribution in [-0.4, -0.2) is 24.5 Å². The first-order valence-electron chi connectivity index (χ1n) is 6.75. The fourth-order valence-electron chi connectivity index (χ4n) is 2.34. The van der Waals surface area contributed by atoms with Gasteiger partial charge in [-0.15, -0.1) is 0 Å². The molecular weight excluding hydrogens is 318 g/mol. The summed E-state index contributed by atoms with van der Waals surface area (Å²) in [6, 6.07) is 8.95. The Balaban J connectivity index is 2.27. The Bertz CT molecular complexity index is 1050. The van der Waals surface area contributed by atoms with E-state index in [1.807, 2.05) is 0 Å². The molecule has 7 nitrogen and oxygen atoms in total. The molecule has 3 N–H and O–H groups in total. The number of nitrogens with one attached hydrogen (secondary N) is 1. The molecular formula is C15H15N3O4S. The number of nitrogens with zero attached hydrogens (tertiary/aromatic N) is 1. The Labute approximate surface area is 132 Å². The molecule has 0 spiro atoms. The summed E-state index contributed by atoms with van der Waals surface area (Å²) in [5, 5.41) is 0. The van der Waals surface area contributed by atoms with Gasteiger partial charge in [-0.1, -0.05) is 0 Å². The van der Waals surface area contributed by atoms with E-state index in [1.165, 1.54) is 31.4 Å². The molecule has 0 saturated heterocycles. The number of rotatable bonds is 3. The van der Waals surface area contributed by atoms with Crippen molar-refractivity contribution in [2.75, 3.05) is 12.8 Å². The summed E-state index contributed by atoms with van der Waals surface area (Å²) in [5.41, 5.74) is 6.87. The monoisotopic (exact) mass is 333 g/mol. The average Bonchev–Trinajstić information content (AvgIpc) is 2.83. The number of aryl methyl sites for hydroxylation is 1. The van der Waals surface area contributed by atoms with Crippen LogP contribution >= 0.6 is 0 Å². The van der Waals surface area contributed by atoms with Gasteiger partial charge in [0.2, 0.25) is 0 Å². The number of anilines is 1. The van der Waals surface area contributed by atoms with Crippen molar-refractivity contribution in [1.82, 2.24) is 8.96 Å². The van der Waals surface area contributed by atoms with Crippen molar-refractivity contribution in [3.05, 3.63) is 52.4 Å². The van der Waals surface area contributed by atoms with Crippen LogP contribution in [-0.2, 0) is 10.0 Å². The lowest BCUT2D eigenvalue weighted by Gasteiger charge is -2.08. The van der Waals surface area contributed by atoms with Crippen LogP contribution in [0.2, 0.25) is 0 Å². The molecule has 0 aliphatic heterocycles. The van der Waals surface area contributed by atoms with E-state index in [2.05, 4.69) is 4.98 Å². The number of hydrogen-bond acceptors (Lipinski definition) is 5. The molecule has 0 aliphatic carbocycles. The molecule has 0 bridgehead atoms. The Morgan fingerprint density at radius 3 is 2.43 bits per heavy atom. The van der Waals surface area contributed by atoms with Crippen molar-refractivity contribution in [3.8, 4) is 5.75 Å². The van der Waals surface area contributed by atoms with Crippen molar-refractivity contribution >= 4 is 26.7 Å². The lowest BCUT2D eigenvalue weighted by molar-refractivity contribution is 0.414. The third-order valence-corrected chi connectivity index (χ3v) is 5.34. The number of imidazole rings is 1. The number of aromatic nitrogens is 2. The van der Waals surface area contributed by atoms with Crippen molar-refractivity contribution in [2.24, 2.45) is 0 Å². The van der Waals surface area contributed by atoms with Gasteiger partial charge in [0.1, 0.15) is 5.75 Å². The normalized spacial score (nSPS) is 11.7. The predicted molar refractivity (Wildman–Crippen MR) is 87.3 cm³/mol. The molecule has 2 aromatic carbocycles. The molecule has 120 valence electrons. The minimum atomic E-state index is -4.03. The fourth-order valence-corrected chi connectivity index (χ4v) is 3.71. The molecule has 0 amide bonds. The minimum Gasteiger partial charge on any atom is -0.497 e. The summed E-state index contributed by atoms with van der Waals surface area (Å²) < 4.78 is 31.4. The van der Waals surface area contributed by atoms with Gasteiger partial charge in [0.05, 0.1) is 23.0 Å². The number of hydrogen-bond donors (Lipinski definition) is 2. The zero-order valence-electron chi connectivity index (χ0n) is 12.5. The second-order valence-corrected chi connectivity index (χ2v) is 6.89. The first-order chi connectivity index (χ1) is 10.8. The summed E-state index contributed by atoms with van der Waals surface area (Å²) in [5.74, 6) is 0.527. The van der Waals surface area contributed by atoms with Crippen molar-refractivity contribution in [2.45, 2.75) is 11.8 Å². The Morgan fingerprint density at radius 1 is 1.17 bits per heavy atom. The van der Waals surface area contributed by atoms with Crippen LogP contribution in [0.3, 0.4) is 0 Å². The Kier molecular flexibility index (Phi) is 3.41. The molecule has 0 atom stereocenters. The molecule has 23 heavy (non-hydrogen) atoms. The molecule has 0 unspecified atom stereocenters. The van der Waals surface area contributed by atoms with E-state index >= 15 is 0 Å². The van der Waals surface area contributed by atoms with E-state index < -0.39 is 15.7 Å². The number of nitrogen functional groups attached to an aromatic ring is 1. The van der Waals surface area contributed by atoms with Crippen LogP contribution in [0.25, 0.3) is 11.0 Å². The highest BCUT2D eigenvalue weighted by atomic mass is 32.2. The Morgan fingerprint density at radius 2 is 1.83 bits per heavy atom. The van der Waals surface area contributed by atoms with Crippen LogP contribution in [0.1, 0.15) is 5.56 Å². The van der Waals surface area contributed by atoms with Crippen molar-refractivity contribution < 1.29 is 13.2 Å². The smallest absolute Gasteiger partial charge is 0.340 e. The highest BCUT2D eigenvalue weighted by Crippen LogP contribution is 2.23. The van der Waals surface area contributed by atoms with Gasteiger partial charge in [0.15, 0.2) is 0 Å². The summed E-state index contributed by atoms with van der Waals surface area (Å²) in [6.45, 7) is 1.75. The number of methoxy groups -OCH3 is 1. The van der Waals surface area contributed by atoms with Gasteiger partial charge < -0.3 is 15.5 Å². The number of aromatic amines is 1. The van der Waals surface area contributed by atoms with Crippen LogP contribution in [0, 0.1) is 6.92 Å². The van der Waals surface area contributed by atoms with Gasteiger partial charge in [-0.05, 0) is 48.9 Å². The molecule has 0 radical (unpaired) electrons. The van der Waals surface area contributed by atoms with E-state index in [0.717, 1.165) is 3.97 Å². The lowest BCUT2D eigenvalue weighted by atomic mass is 10.2. The van der Waals surface area contributed by atoms with Gasteiger partial charge in [-0.25, -0.2) is 13.2 Å². The number of ether oxygens (including phenoxy) is 1.